The van der Waals surface area contributed by atoms with E-state index in [2.05, 4.69) is 9.88 Å². The van der Waals surface area contributed by atoms with Crippen LogP contribution >= 0.6 is 0 Å². The fraction of sp³-hybridized carbons (Fsp3) is 0.357. The number of hydrogen-bond acceptors (Lipinski definition) is 6. The number of aryl methyl sites for hydroxylation is 2. The van der Waals surface area contributed by atoms with Crippen LogP contribution in [0.25, 0.3) is 0 Å². The minimum Gasteiger partial charge on any atom is -0.493 e. The van der Waals surface area contributed by atoms with Crippen LogP contribution < -0.4 is 14.2 Å². The van der Waals surface area contributed by atoms with Gasteiger partial charge in [-0.25, -0.2) is 8.42 Å². The van der Waals surface area contributed by atoms with Gasteiger partial charge in [0, 0.05) is 6.07 Å². The number of nitrogens with zero attached hydrogens (tertiary/aromatic N) is 1. The fourth-order valence-corrected chi connectivity index (χ4v) is 2.93. The maximum Gasteiger partial charge on any atom is 0.234 e. The summed E-state index contributed by atoms with van der Waals surface area (Å²) in [5, 5.41) is 3.60. The molecular formula is C14H18N2O5S. The molecule has 0 aliphatic carbocycles. The maximum atomic E-state index is 12.0. The zero-order chi connectivity index (χ0) is 16.2. The molecule has 0 spiro atoms. The molecule has 7 nitrogen and oxygen atoms in total. The molecule has 2 rings (SSSR count). The summed E-state index contributed by atoms with van der Waals surface area (Å²) in [5.74, 6) is 1.82. The van der Waals surface area contributed by atoms with Crippen molar-refractivity contribution in [1.82, 2.24) is 5.16 Å². The van der Waals surface area contributed by atoms with Gasteiger partial charge in [0.25, 0.3) is 0 Å². The topological polar surface area (TPSA) is 90.7 Å². The zero-order valence-electron chi connectivity index (χ0n) is 12.6. The molecule has 0 aliphatic heterocycles. The van der Waals surface area contributed by atoms with E-state index >= 15 is 0 Å². The van der Waals surface area contributed by atoms with E-state index in [4.69, 9.17) is 14.0 Å². The van der Waals surface area contributed by atoms with Crippen LogP contribution in [-0.4, -0.2) is 33.5 Å². The van der Waals surface area contributed by atoms with Gasteiger partial charge < -0.3 is 14.0 Å². The van der Waals surface area contributed by atoms with Crippen molar-refractivity contribution in [3.63, 3.8) is 0 Å². The van der Waals surface area contributed by atoms with Crippen LogP contribution in [0.15, 0.2) is 28.8 Å². The molecule has 8 heteroatoms. The van der Waals surface area contributed by atoms with Crippen LogP contribution in [-0.2, 0) is 16.4 Å². The average molecular weight is 326 g/mol. The lowest BCUT2D eigenvalue weighted by Gasteiger charge is -2.10. The number of rotatable bonds is 7. The Kier molecular flexibility index (Phi) is 4.92. The second-order valence-corrected chi connectivity index (χ2v) is 6.52. The molecule has 0 unspecified atom stereocenters. The van der Waals surface area contributed by atoms with E-state index in [1.54, 1.807) is 32.2 Å². The average Bonchev–Trinajstić information content (AvgIpc) is 2.89. The minimum absolute atomic E-state index is 0.0750. The predicted molar refractivity (Wildman–Crippen MR) is 81.9 cm³/mol. The van der Waals surface area contributed by atoms with Crippen LogP contribution in [0.2, 0.25) is 0 Å². The second-order valence-electron chi connectivity index (χ2n) is 4.68. The van der Waals surface area contributed by atoms with Crippen LogP contribution in [0.4, 0.5) is 5.82 Å². The predicted octanol–water partition coefficient (Wildman–Crippen LogP) is 1.98. The lowest BCUT2D eigenvalue weighted by atomic mass is 10.1. The highest BCUT2D eigenvalue weighted by Crippen LogP contribution is 2.27. The van der Waals surface area contributed by atoms with Gasteiger partial charge in [-0.05, 0) is 31.0 Å². The van der Waals surface area contributed by atoms with Gasteiger partial charge in [0.15, 0.2) is 17.3 Å². The number of sulfonamides is 1. The first kappa shape index (κ1) is 16.2. The Hall–Kier alpha value is -2.22. The number of nitrogens with one attached hydrogen (secondary N) is 1. The summed E-state index contributed by atoms with van der Waals surface area (Å²) in [5.41, 5.74) is 0.833. The summed E-state index contributed by atoms with van der Waals surface area (Å²) in [4.78, 5) is 0. The van der Waals surface area contributed by atoms with E-state index in [-0.39, 0.29) is 11.6 Å². The Morgan fingerprint density at radius 2 is 1.91 bits per heavy atom. The van der Waals surface area contributed by atoms with E-state index < -0.39 is 10.0 Å². The first-order valence-electron chi connectivity index (χ1n) is 6.58. The molecule has 0 atom stereocenters. The highest BCUT2D eigenvalue weighted by Gasteiger charge is 2.14. The molecule has 0 aliphatic rings. The third kappa shape index (κ3) is 4.14. The van der Waals surface area contributed by atoms with Crippen molar-refractivity contribution < 1.29 is 22.4 Å². The van der Waals surface area contributed by atoms with E-state index in [9.17, 15) is 8.42 Å². The third-order valence-corrected chi connectivity index (χ3v) is 4.26. The number of anilines is 1. The van der Waals surface area contributed by atoms with Crippen molar-refractivity contribution in [2.45, 2.75) is 13.3 Å². The fourth-order valence-electron chi connectivity index (χ4n) is 1.91. The first-order valence-corrected chi connectivity index (χ1v) is 8.23. The molecule has 1 heterocycles. The Morgan fingerprint density at radius 1 is 1.18 bits per heavy atom. The van der Waals surface area contributed by atoms with Gasteiger partial charge in [-0.2, -0.15) is 0 Å². The van der Waals surface area contributed by atoms with Gasteiger partial charge in [-0.1, -0.05) is 11.2 Å². The van der Waals surface area contributed by atoms with Crippen LogP contribution in [0, 0.1) is 6.92 Å². The lowest BCUT2D eigenvalue weighted by Crippen LogP contribution is -2.18. The van der Waals surface area contributed by atoms with Gasteiger partial charge in [-0.15, -0.1) is 0 Å². The second kappa shape index (κ2) is 6.69. The van der Waals surface area contributed by atoms with Gasteiger partial charge in [-0.3, -0.25) is 4.72 Å². The molecule has 1 aromatic carbocycles. The molecule has 22 heavy (non-hydrogen) atoms. The molecule has 1 aromatic heterocycles. The van der Waals surface area contributed by atoms with Gasteiger partial charge in [0.2, 0.25) is 10.0 Å². The number of hydrogen-bond donors (Lipinski definition) is 1. The van der Waals surface area contributed by atoms with Crippen LogP contribution in [0.3, 0.4) is 0 Å². The summed E-state index contributed by atoms with van der Waals surface area (Å²) in [6.07, 6.45) is 0.340. The monoisotopic (exact) mass is 326 g/mol. The van der Waals surface area contributed by atoms with E-state index in [0.717, 1.165) is 5.56 Å². The molecule has 0 saturated carbocycles. The quantitative estimate of drug-likeness (QED) is 0.836. The van der Waals surface area contributed by atoms with E-state index in [1.165, 1.54) is 13.2 Å². The van der Waals surface area contributed by atoms with E-state index in [1.807, 2.05) is 0 Å². The first-order chi connectivity index (χ1) is 10.4. The van der Waals surface area contributed by atoms with Crippen molar-refractivity contribution in [3.05, 3.63) is 35.6 Å². The SMILES string of the molecule is COc1ccc(CCS(=O)(=O)Nc2cc(C)on2)cc1OC. The molecule has 1 N–H and O–H groups in total. The third-order valence-electron chi connectivity index (χ3n) is 3.00. The maximum absolute atomic E-state index is 12.0. The van der Waals surface area contributed by atoms with Crippen molar-refractivity contribution in [1.29, 1.82) is 0 Å². The summed E-state index contributed by atoms with van der Waals surface area (Å²) >= 11 is 0. The van der Waals surface area contributed by atoms with Crippen LogP contribution in [0.1, 0.15) is 11.3 Å². The van der Waals surface area contributed by atoms with Crippen molar-refractivity contribution >= 4 is 15.8 Å². The highest BCUT2D eigenvalue weighted by molar-refractivity contribution is 7.92. The molecule has 2 aromatic rings. The van der Waals surface area contributed by atoms with Crippen molar-refractivity contribution in [2.24, 2.45) is 0 Å². The Morgan fingerprint density at radius 3 is 2.50 bits per heavy atom. The van der Waals surface area contributed by atoms with E-state index in [0.29, 0.717) is 23.7 Å². The standard InChI is InChI=1S/C14H18N2O5S/c1-10-8-14(15-21-10)16-22(17,18)7-6-11-4-5-12(19-2)13(9-11)20-3/h4-5,8-9H,6-7H2,1-3H3,(H,15,16). The summed E-state index contributed by atoms with van der Waals surface area (Å²) < 4.78 is 41.6. The molecule has 0 radical (unpaired) electrons. The Labute approximate surface area is 129 Å². The summed E-state index contributed by atoms with van der Waals surface area (Å²) in [6, 6.07) is 6.83. The van der Waals surface area contributed by atoms with Crippen molar-refractivity contribution in [3.8, 4) is 11.5 Å². The largest absolute Gasteiger partial charge is 0.493 e. The van der Waals surface area contributed by atoms with Crippen LogP contribution in [0.5, 0.6) is 11.5 Å². The minimum atomic E-state index is -3.50. The normalized spacial score (nSPS) is 11.2. The number of benzene rings is 1. The van der Waals surface area contributed by atoms with Gasteiger partial charge >= 0.3 is 0 Å². The zero-order valence-corrected chi connectivity index (χ0v) is 13.4. The van der Waals surface area contributed by atoms with Gasteiger partial charge in [0.05, 0.1) is 20.0 Å². The molecule has 0 amide bonds. The Bertz CT molecular complexity index is 739. The van der Waals surface area contributed by atoms with Crippen molar-refractivity contribution in [2.75, 3.05) is 24.7 Å². The smallest absolute Gasteiger partial charge is 0.234 e. The highest BCUT2D eigenvalue weighted by atomic mass is 32.2. The number of methoxy groups -OCH3 is 2. The molecule has 0 bridgehead atoms. The summed E-state index contributed by atoms with van der Waals surface area (Å²) in [6.45, 7) is 1.69. The number of aromatic nitrogens is 1. The number of ether oxygens (including phenoxy) is 2. The lowest BCUT2D eigenvalue weighted by molar-refractivity contribution is 0.354. The summed E-state index contributed by atoms with van der Waals surface area (Å²) in [7, 11) is -0.417. The molecule has 0 saturated heterocycles. The molecule has 0 fully saturated rings. The molecular weight excluding hydrogens is 308 g/mol. The Balaban J connectivity index is 2.02. The molecule has 120 valence electrons. The van der Waals surface area contributed by atoms with Gasteiger partial charge in [0.1, 0.15) is 5.76 Å².